The van der Waals surface area contributed by atoms with Gasteiger partial charge >= 0.3 is 6.18 Å². The Kier molecular flexibility index (Phi) is 3.22. The molecule has 1 aliphatic rings. The zero-order valence-corrected chi connectivity index (χ0v) is 10.5. The lowest BCUT2D eigenvalue weighted by Crippen LogP contribution is -2.26. The van der Waals surface area contributed by atoms with Crippen LogP contribution in [0.5, 0.6) is 0 Å². The van der Waals surface area contributed by atoms with Crippen molar-refractivity contribution in [1.82, 2.24) is 0 Å². The molecule has 8 heteroatoms. The zero-order valence-electron chi connectivity index (χ0n) is 8.97. The third-order valence-corrected chi connectivity index (χ3v) is 3.90. The highest BCUT2D eigenvalue weighted by Gasteiger charge is 2.64. The van der Waals surface area contributed by atoms with Crippen molar-refractivity contribution in [2.24, 2.45) is 5.92 Å². The summed E-state index contributed by atoms with van der Waals surface area (Å²) in [6.07, 6.45) is -4.88. The van der Waals surface area contributed by atoms with Crippen LogP contribution in [-0.2, 0) is 11.0 Å². The van der Waals surface area contributed by atoms with Gasteiger partial charge in [-0.15, -0.1) is 23.2 Å². The quantitative estimate of drug-likeness (QED) is 0.621. The van der Waals surface area contributed by atoms with E-state index in [4.69, 9.17) is 23.2 Å². The van der Waals surface area contributed by atoms with Gasteiger partial charge in [-0.3, -0.25) is 0 Å². The third-order valence-electron chi connectivity index (χ3n) is 2.96. The maximum Gasteiger partial charge on any atom is 0.419 e. The van der Waals surface area contributed by atoms with E-state index in [0.29, 0.717) is 12.1 Å². The molecular formula is C11H5Cl2F4O2-. The van der Waals surface area contributed by atoms with E-state index in [1.54, 1.807) is 0 Å². The lowest BCUT2D eigenvalue weighted by atomic mass is 10.0. The second-order valence-electron chi connectivity index (χ2n) is 4.19. The van der Waals surface area contributed by atoms with E-state index in [-0.39, 0.29) is 5.56 Å². The summed E-state index contributed by atoms with van der Waals surface area (Å²) in [6.45, 7) is 0. The molecule has 19 heavy (non-hydrogen) atoms. The van der Waals surface area contributed by atoms with Gasteiger partial charge in [0.25, 0.3) is 0 Å². The molecule has 0 N–H and O–H groups in total. The molecule has 0 radical (unpaired) electrons. The summed E-state index contributed by atoms with van der Waals surface area (Å²) in [5, 5.41) is 10.7. The van der Waals surface area contributed by atoms with Gasteiger partial charge in [0.05, 0.1) is 5.56 Å². The van der Waals surface area contributed by atoms with Gasteiger partial charge < -0.3 is 9.90 Å². The first-order valence-electron chi connectivity index (χ1n) is 5.02. The molecule has 0 aliphatic heterocycles. The number of halogens is 6. The molecule has 0 bridgehead atoms. The number of hydrogen-bond acceptors (Lipinski definition) is 2. The molecule has 104 valence electrons. The first kappa shape index (κ1) is 14.4. The molecule has 0 unspecified atom stereocenters. The Bertz CT molecular complexity index is 542. The molecule has 2 nitrogen and oxygen atoms in total. The number of aliphatic carboxylic acids is 1. The van der Waals surface area contributed by atoms with Crippen molar-refractivity contribution in [3.8, 4) is 0 Å². The second kappa shape index (κ2) is 4.24. The maximum atomic E-state index is 13.1. The monoisotopic (exact) mass is 315 g/mol. The minimum absolute atomic E-state index is 0.0899. The molecule has 0 heterocycles. The number of hydrogen-bond donors (Lipinski definition) is 0. The Balaban J connectivity index is 2.42. The van der Waals surface area contributed by atoms with Crippen molar-refractivity contribution in [2.45, 2.75) is 16.4 Å². The zero-order chi connectivity index (χ0) is 14.6. The van der Waals surface area contributed by atoms with E-state index in [2.05, 4.69) is 0 Å². The van der Waals surface area contributed by atoms with Crippen LogP contribution in [0.15, 0.2) is 18.2 Å². The largest absolute Gasteiger partial charge is 0.550 e. The van der Waals surface area contributed by atoms with Crippen LogP contribution in [0.4, 0.5) is 17.6 Å². The fourth-order valence-electron chi connectivity index (χ4n) is 1.99. The van der Waals surface area contributed by atoms with Crippen molar-refractivity contribution in [2.75, 3.05) is 0 Å². The van der Waals surface area contributed by atoms with Gasteiger partial charge in [-0.1, -0.05) is 6.07 Å². The highest BCUT2D eigenvalue weighted by Crippen LogP contribution is 2.64. The summed E-state index contributed by atoms with van der Waals surface area (Å²) in [7, 11) is 0. The van der Waals surface area contributed by atoms with Crippen molar-refractivity contribution in [1.29, 1.82) is 0 Å². The summed E-state index contributed by atoms with van der Waals surface area (Å²) in [5.41, 5.74) is -1.58. The highest BCUT2D eigenvalue weighted by atomic mass is 35.5. The number of carboxylic acids is 1. The fourth-order valence-corrected chi connectivity index (χ4v) is 2.80. The summed E-state index contributed by atoms with van der Waals surface area (Å²) in [4.78, 5) is 10.7. The van der Waals surface area contributed by atoms with E-state index < -0.39 is 39.7 Å². The van der Waals surface area contributed by atoms with Crippen LogP contribution < -0.4 is 5.11 Å². The molecule has 1 aromatic rings. The Morgan fingerprint density at radius 3 is 2.32 bits per heavy atom. The molecule has 1 saturated carbocycles. The predicted octanol–water partition coefficient (Wildman–Crippen LogP) is 2.48. The Morgan fingerprint density at radius 2 is 1.89 bits per heavy atom. The SMILES string of the molecule is O=C([O-])[C@H]1[C@H](c2ccc(F)c(C(F)(F)F)c2)C1(Cl)Cl. The van der Waals surface area contributed by atoms with Crippen LogP contribution in [0.2, 0.25) is 0 Å². The first-order valence-corrected chi connectivity index (χ1v) is 5.77. The number of rotatable bonds is 2. The lowest BCUT2D eigenvalue weighted by Gasteiger charge is -2.10. The van der Waals surface area contributed by atoms with E-state index in [1.165, 1.54) is 0 Å². The van der Waals surface area contributed by atoms with E-state index >= 15 is 0 Å². The van der Waals surface area contributed by atoms with Crippen molar-refractivity contribution in [3.05, 3.63) is 35.1 Å². The molecule has 0 spiro atoms. The smallest absolute Gasteiger partial charge is 0.419 e. The van der Waals surface area contributed by atoms with E-state index in [1.807, 2.05) is 0 Å². The highest BCUT2D eigenvalue weighted by molar-refractivity contribution is 6.53. The van der Waals surface area contributed by atoms with Gasteiger partial charge in [-0.2, -0.15) is 13.2 Å². The summed E-state index contributed by atoms with van der Waals surface area (Å²) < 4.78 is 48.9. The average Bonchev–Trinajstić information content (AvgIpc) is 2.80. The molecule has 0 saturated heterocycles. The first-order chi connectivity index (χ1) is 8.56. The van der Waals surface area contributed by atoms with Crippen LogP contribution >= 0.6 is 23.2 Å². The molecule has 0 amide bonds. The number of carboxylic acid groups (broad SMARTS) is 1. The number of carbonyl (C=O) groups excluding carboxylic acids is 1. The Morgan fingerprint density at radius 1 is 1.32 bits per heavy atom. The van der Waals surface area contributed by atoms with Crippen molar-refractivity contribution >= 4 is 29.2 Å². The molecule has 1 aromatic carbocycles. The summed E-state index contributed by atoms with van der Waals surface area (Å²) in [5.74, 6) is -5.38. The van der Waals surface area contributed by atoms with Gasteiger partial charge in [0.2, 0.25) is 0 Å². The molecule has 1 aliphatic carbocycles. The second-order valence-corrected chi connectivity index (χ2v) is 5.63. The minimum atomic E-state index is -4.88. The fraction of sp³-hybridized carbons (Fsp3) is 0.364. The van der Waals surface area contributed by atoms with Crippen molar-refractivity contribution in [3.63, 3.8) is 0 Å². The van der Waals surface area contributed by atoms with Crippen LogP contribution in [0.1, 0.15) is 17.0 Å². The van der Waals surface area contributed by atoms with Gasteiger partial charge in [-0.05, 0) is 17.7 Å². The molecule has 2 rings (SSSR count). The van der Waals surface area contributed by atoms with Crippen molar-refractivity contribution < 1.29 is 27.5 Å². The van der Waals surface area contributed by atoms with Crippen LogP contribution in [-0.4, -0.2) is 10.3 Å². The van der Waals surface area contributed by atoms with E-state index in [9.17, 15) is 27.5 Å². The normalized spacial score (nSPS) is 25.2. The molecular weight excluding hydrogens is 311 g/mol. The number of benzene rings is 1. The standard InChI is InChI=1S/C11H6Cl2F4O2/c12-10(13)7(8(10)9(18)19)4-1-2-6(14)5(3-4)11(15,16)17/h1-3,7-8H,(H,18,19)/p-1/t7-,8+/m0/s1. The van der Waals surface area contributed by atoms with Crippen LogP contribution in [0.3, 0.4) is 0 Å². The van der Waals surface area contributed by atoms with Crippen LogP contribution in [0, 0.1) is 11.7 Å². The molecule has 2 atom stereocenters. The topological polar surface area (TPSA) is 40.1 Å². The van der Waals surface area contributed by atoms with Gasteiger partial charge in [0, 0.05) is 17.8 Å². The average molecular weight is 316 g/mol. The number of alkyl halides is 5. The minimum Gasteiger partial charge on any atom is -0.550 e. The van der Waals surface area contributed by atoms with Gasteiger partial charge in [-0.25, -0.2) is 4.39 Å². The molecule has 0 aromatic heterocycles. The lowest BCUT2D eigenvalue weighted by molar-refractivity contribution is -0.308. The third kappa shape index (κ3) is 2.39. The van der Waals surface area contributed by atoms with Gasteiger partial charge in [0.1, 0.15) is 10.2 Å². The van der Waals surface area contributed by atoms with E-state index in [0.717, 1.165) is 6.07 Å². The summed E-state index contributed by atoms with van der Waals surface area (Å²) >= 11 is 11.4. The Labute approximate surface area is 114 Å². The Hall–Kier alpha value is -1.01. The van der Waals surface area contributed by atoms with Crippen LogP contribution in [0.25, 0.3) is 0 Å². The van der Waals surface area contributed by atoms with Gasteiger partial charge in [0.15, 0.2) is 0 Å². The maximum absolute atomic E-state index is 13.1. The molecule has 1 fully saturated rings. The summed E-state index contributed by atoms with van der Waals surface area (Å²) in [6, 6.07) is 2.15. The predicted molar refractivity (Wildman–Crippen MR) is 57.1 cm³/mol. The number of carbonyl (C=O) groups is 1.